The van der Waals surface area contributed by atoms with E-state index >= 15 is 0 Å². The predicted molar refractivity (Wildman–Crippen MR) is 30.0 cm³/mol. The highest BCUT2D eigenvalue weighted by Gasteiger charge is 1.71. The van der Waals surface area contributed by atoms with Crippen molar-refractivity contribution in [3.63, 3.8) is 0 Å². The van der Waals surface area contributed by atoms with Gasteiger partial charge in [0.25, 0.3) is 0 Å². The van der Waals surface area contributed by atoms with Crippen molar-refractivity contribution in [2.45, 2.75) is 6.42 Å². The van der Waals surface area contributed by atoms with Crippen LogP contribution in [0.25, 0.3) is 0 Å². The fourth-order valence-corrected chi connectivity index (χ4v) is 0.0772. The molecule has 1 nitrogen and oxygen atoms in total. The molecule has 6 heavy (non-hydrogen) atoms. The lowest BCUT2D eigenvalue weighted by atomic mass is 10.5. The maximum atomic E-state index is 10.9. The molecule has 0 aromatic rings. The molecular weight excluding hydrogens is 149 g/mol. The van der Waals surface area contributed by atoms with Gasteiger partial charge in [0.05, 0.1) is 6.67 Å². The highest BCUT2D eigenvalue weighted by Crippen LogP contribution is 1.70. The molecule has 0 atom stereocenters. The van der Waals surface area contributed by atoms with Crippen LogP contribution < -0.4 is 5.73 Å². The van der Waals surface area contributed by atoms with Gasteiger partial charge in [-0.2, -0.15) is 0 Å². The first-order chi connectivity index (χ1) is 2.41. The van der Waals surface area contributed by atoms with Crippen molar-refractivity contribution >= 4 is 17.0 Å². The number of hydrogen-bond acceptors (Lipinski definition) is 1. The summed E-state index contributed by atoms with van der Waals surface area (Å²) in [5.74, 6) is 0. The van der Waals surface area contributed by atoms with Gasteiger partial charge >= 0.3 is 0 Å². The fraction of sp³-hybridized carbons (Fsp3) is 1.00. The Bertz CT molecular complexity index is 18.3. The van der Waals surface area contributed by atoms with E-state index in [4.69, 9.17) is 5.73 Å². The van der Waals surface area contributed by atoms with Crippen LogP contribution in [0, 0.1) is 0 Å². The topological polar surface area (TPSA) is 26.0 Å². The molecule has 2 N–H and O–H groups in total. The number of halogens is 2. The first-order valence-electron chi connectivity index (χ1n) is 1.68. The third kappa shape index (κ3) is 8.84. The maximum Gasteiger partial charge on any atom is 0.0906 e. The van der Waals surface area contributed by atoms with Crippen molar-refractivity contribution in [2.75, 3.05) is 13.2 Å². The van der Waals surface area contributed by atoms with Crippen LogP contribution >= 0.6 is 17.0 Å². The van der Waals surface area contributed by atoms with Gasteiger partial charge in [-0.15, -0.1) is 17.0 Å². The molecular formula is C3H9BrFN. The molecule has 0 fully saturated rings. The second-order valence-electron chi connectivity index (χ2n) is 0.831. The van der Waals surface area contributed by atoms with Gasteiger partial charge in [-0.3, -0.25) is 4.39 Å². The molecule has 0 spiro atoms. The number of nitrogens with two attached hydrogens (primary N) is 1. The monoisotopic (exact) mass is 157 g/mol. The molecule has 0 unspecified atom stereocenters. The summed E-state index contributed by atoms with van der Waals surface area (Å²) in [6.07, 6.45) is 0.500. The van der Waals surface area contributed by atoms with Crippen molar-refractivity contribution in [3.8, 4) is 0 Å². The van der Waals surface area contributed by atoms with Crippen molar-refractivity contribution in [2.24, 2.45) is 5.73 Å². The zero-order valence-corrected chi connectivity index (χ0v) is 5.20. The molecule has 0 rings (SSSR count). The summed E-state index contributed by atoms with van der Waals surface area (Å²) >= 11 is 0. The standard InChI is InChI=1S/C3H8FN.BrH/c4-2-1-3-5;/h1-3,5H2;1H. The normalized spacial score (nSPS) is 7.00. The number of alkyl halides is 1. The highest BCUT2D eigenvalue weighted by molar-refractivity contribution is 8.93. The van der Waals surface area contributed by atoms with E-state index in [0.29, 0.717) is 13.0 Å². The summed E-state index contributed by atoms with van der Waals surface area (Å²) in [5, 5.41) is 0. The van der Waals surface area contributed by atoms with Gasteiger partial charge in [0.15, 0.2) is 0 Å². The minimum Gasteiger partial charge on any atom is -0.330 e. The first kappa shape index (κ1) is 9.62. The van der Waals surface area contributed by atoms with Gasteiger partial charge in [-0.25, -0.2) is 0 Å². The Morgan fingerprint density at radius 2 is 2.00 bits per heavy atom. The largest absolute Gasteiger partial charge is 0.330 e. The van der Waals surface area contributed by atoms with E-state index < -0.39 is 0 Å². The van der Waals surface area contributed by atoms with E-state index in [1.807, 2.05) is 0 Å². The molecule has 0 radical (unpaired) electrons. The minimum atomic E-state index is -0.281. The zero-order chi connectivity index (χ0) is 4.12. The molecule has 0 aliphatic carbocycles. The Hall–Kier alpha value is 0.370. The van der Waals surface area contributed by atoms with Gasteiger partial charge in [0, 0.05) is 0 Å². The van der Waals surface area contributed by atoms with Crippen molar-refractivity contribution in [1.29, 1.82) is 0 Å². The van der Waals surface area contributed by atoms with Crippen LogP contribution in [0.5, 0.6) is 0 Å². The molecule has 0 amide bonds. The fourth-order valence-electron chi connectivity index (χ4n) is 0.0772. The number of rotatable bonds is 2. The van der Waals surface area contributed by atoms with E-state index in [-0.39, 0.29) is 23.7 Å². The summed E-state index contributed by atoms with van der Waals surface area (Å²) in [4.78, 5) is 0. The molecule has 0 aliphatic rings. The van der Waals surface area contributed by atoms with Crippen LogP contribution in [0.3, 0.4) is 0 Å². The van der Waals surface area contributed by atoms with E-state index in [0.717, 1.165) is 0 Å². The van der Waals surface area contributed by atoms with Crippen molar-refractivity contribution in [3.05, 3.63) is 0 Å². The smallest absolute Gasteiger partial charge is 0.0906 e. The van der Waals surface area contributed by atoms with E-state index in [2.05, 4.69) is 0 Å². The molecule has 0 saturated carbocycles. The predicted octanol–water partition coefficient (Wildman–Crippen LogP) is 0.883. The van der Waals surface area contributed by atoms with Gasteiger partial charge in [-0.05, 0) is 13.0 Å². The van der Waals surface area contributed by atoms with Gasteiger partial charge in [0.2, 0.25) is 0 Å². The second-order valence-corrected chi connectivity index (χ2v) is 0.831. The van der Waals surface area contributed by atoms with E-state index in [9.17, 15) is 4.39 Å². The molecule has 0 saturated heterocycles. The lowest BCUT2D eigenvalue weighted by Gasteiger charge is -1.77. The molecule has 0 bridgehead atoms. The first-order valence-corrected chi connectivity index (χ1v) is 1.68. The van der Waals surface area contributed by atoms with Gasteiger partial charge in [0.1, 0.15) is 0 Å². The lowest BCUT2D eigenvalue weighted by molar-refractivity contribution is 0.477. The maximum absolute atomic E-state index is 10.9. The van der Waals surface area contributed by atoms with E-state index in [1.165, 1.54) is 0 Å². The van der Waals surface area contributed by atoms with Crippen LogP contribution in [-0.2, 0) is 0 Å². The molecule has 3 heteroatoms. The minimum absolute atomic E-state index is 0. The summed E-state index contributed by atoms with van der Waals surface area (Å²) in [6.45, 7) is 0.188. The van der Waals surface area contributed by atoms with Crippen LogP contribution in [0.2, 0.25) is 0 Å². The van der Waals surface area contributed by atoms with Crippen LogP contribution in [0.4, 0.5) is 4.39 Å². The highest BCUT2D eigenvalue weighted by atomic mass is 79.9. The van der Waals surface area contributed by atoms with Crippen LogP contribution in [0.1, 0.15) is 6.42 Å². The summed E-state index contributed by atoms with van der Waals surface area (Å²) in [7, 11) is 0. The summed E-state index contributed by atoms with van der Waals surface area (Å²) < 4.78 is 10.9. The van der Waals surface area contributed by atoms with Crippen molar-refractivity contribution in [1.82, 2.24) is 0 Å². The molecule has 40 valence electrons. The third-order valence-corrected chi connectivity index (χ3v) is 0.338. The quantitative estimate of drug-likeness (QED) is 0.634. The SMILES string of the molecule is Br.NCCCF. The number of hydrogen-bond donors (Lipinski definition) is 1. The Labute approximate surface area is 47.5 Å². The Kier molecular flexibility index (Phi) is 14.5. The summed E-state index contributed by atoms with van der Waals surface area (Å²) in [6, 6.07) is 0. The molecule has 0 heterocycles. The van der Waals surface area contributed by atoms with Crippen molar-refractivity contribution < 1.29 is 4.39 Å². The zero-order valence-electron chi connectivity index (χ0n) is 3.48. The van der Waals surface area contributed by atoms with Crippen LogP contribution in [-0.4, -0.2) is 13.2 Å². The Morgan fingerprint density at radius 3 is 2.00 bits per heavy atom. The Balaban J connectivity index is 0. The average molecular weight is 158 g/mol. The van der Waals surface area contributed by atoms with Gasteiger partial charge < -0.3 is 5.73 Å². The Morgan fingerprint density at radius 1 is 1.50 bits per heavy atom. The molecule has 0 aromatic heterocycles. The summed E-state index contributed by atoms with van der Waals surface area (Å²) in [5.41, 5.74) is 4.90. The lowest BCUT2D eigenvalue weighted by Crippen LogP contribution is -1.97. The molecule has 0 aliphatic heterocycles. The average Bonchev–Trinajstić information content (AvgIpc) is 1.41. The van der Waals surface area contributed by atoms with Crippen LogP contribution in [0.15, 0.2) is 0 Å². The third-order valence-electron chi connectivity index (χ3n) is 0.338. The van der Waals surface area contributed by atoms with Gasteiger partial charge in [-0.1, -0.05) is 0 Å². The second kappa shape index (κ2) is 9.03. The molecule has 0 aromatic carbocycles. The van der Waals surface area contributed by atoms with E-state index in [1.54, 1.807) is 0 Å².